The highest BCUT2D eigenvalue weighted by Gasteiger charge is 2.23. The average Bonchev–Trinajstić information content (AvgIpc) is 3.10. The van der Waals surface area contributed by atoms with E-state index in [2.05, 4.69) is 15.2 Å². The molecule has 1 N–H and O–H groups in total. The number of amides is 1. The molecular weight excluding hydrogens is 310 g/mol. The van der Waals surface area contributed by atoms with Crippen LogP contribution in [0.5, 0.6) is 0 Å². The second-order valence-electron chi connectivity index (χ2n) is 5.56. The Morgan fingerprint density at radius 2 is 2.09 bits per heavy atom. The molecule has 1 amide bonds. The number of rotatable bonds is 6. The molecule has 2 aromatic heterocycles. The van der Waals surface area contributed by atoms with Crippen LogP contribution in [0, 0.1) is 0 Å². The van der Waals surface area contributed by atoms with Crippen molar-refractivity contribution in [1.82, 2.24) is 15.2 Å². The predicted octanol–water partition coefficient (Wildman–Crippen LogP) is 1.88. The Labute approximate surface area is 140 Å². The minimum absolute atomic E-state index is 0.0655. The SMILES string of the molecule is O=C(Cc1ccsc1)NC[C@@H](c1ccncc1)N1CCOCC1. The third kappa shape index (κ3) is 4.60. The van der Waals surface area contributed by atoms with Crippen LogP contribution in [-0.4, -0.2) is 48.6 Å². The molecule has 0 unspecified atom stereocenters. The summed E-state index contributed by atoms with van der Waals surface area (Å²) in [4.78, 5) is 18.6. The number of carbonyl (C=O) groups is 1. The fraction of sp³-hybridized carbons (Fsp3) is 0.412. The highest BCUT2D eigenvalue weighted by Crippen LogP contribution is 2.20. The monoisotopic (exact) mass is 331 g/mol. The zero-order valence-corrected chi connectivity index (χ0v) is 13.8. The van der Waals surface area contributed by atoms with Crippen molar-refractivity contribution in [3.63, 3.8) is 0 Å². The molecule has 0 spiro atoms. The molecule has 1 atom stereocenters. The van der Waals surface area contributed by atoms with E-state index in [1.807, 2.05) is 29.0 Å². The van der Waals surface area contributed by atoms with Crippen molar-refractivity contribution < 1.29 is 9.53 Å². The first-order valence-corrected chi connectivity index (χ1v) is 8.77. The maximum absolute atomic E-state index is 12.2. The normalized spacial score (nSPS) is 16.9. The molecule has 6 heteroatoms. The minimum atomic E-state index is 0.0655. The van der Waals surface area contributed by atoms with Crippen LogP contribution in [0.2, 0.25) is 0 Å². The van der Waals surface area contributed by atoms with Crippen molar-refractivity contribution in [2.75, 3.05) is 32.8 Å². The molecule has 1 aliphatic rings. The molecule has 23 heavy (non-hydrogen) atoms. The molecule has 0 aliphatic carbocycles. The molecule has 0 bridgehead atoms. The van der Waals surface area contributed by atoms with Gasteiger partial charge in [-0.3, -0.25) is 14.7 Å². The standard InChI is InChI=1S/C17H21N3O2S/c21-17(11-14-3-10-23-13-14)19-12-16(15-1-4-18-5-2-15)20-6-8-22-9-7-20/h1-5,10,13,16H,6-9,11-12H2,(H,19,21)/t16-/m0/s1. The van der Waals surface area contributed by atoms with Crippen LogP contribution in [0.15, 0.2) is 41.4 Å². The molecule has 3 heterocycles. The Bertz CT molecular complexity index is 598. The number of morpholine rings is 1. The Kier molecular flexibility index (Phi) is 5.74. The van der Waals surface area contributed by atoms with Gasteiger partial charge in [-0.25, -0.2) is 0 Å². The van der Waals surface area contributed by atoms with E-state index in [0.29, 0.717) is 13.0 Å². The highest BCUT2D eigenvalue weighted by atomic mass is 32.1. The van der Waals surface area contributed by atoms with E-state index < -0.39 is 0 Å². The molecule has 1 fully saturated rings. The summed E-state index contributed by atoms with van der Waals surface area (Å²) in [5, 5.41) is 7.09. The van der Waals surface area contributed by atoms with Crippen molar-refractivity contribution in [2.24, 2.45) is 0 Å². The lowest BCUT2D eigenvalue weighted by atomic mass is 10.1. The maximum Gasteiger partial charge on any atom is 0.224 e. The van der Waals surface area contributed by atoms with Gasteiger partial charge in [0.15, 0.2) is 0 Å². The summed E-state index contributed by atoms with van der Waals surface area (Å²) in [5.41, 5.74) is 2.25. The van der Waals surface area contributed by atoms with E-state index in [1.54, 1.807) is 23.7 Å². The Morgan fingerprint density at radius 3 is 2.78 bits per heavy atom. The second kappa shape index (κ2) is 8.19. The van der Waals surface area contributed by atoms with Crippen molar-refractivity contribution in [3.8, 4) is 0 Å². The van der Waals surface area contributed by atoms with Crippen LogP contribution >= 0.6 is 11.3 Å². The number of pyridine rings is 1. The molecule has 1 aliphatic heterocycles. The summed E-state index contributed by atoms with van der Waals surface area (Å²) >= 11 is 1.62. The van der Waals surface area contributed by atoms with Gasteiger partial charge < -0.3 is 10.1 Å². The van der Waals surface area contributed by atoms with Crippen molar-refractivity contribution in [2.45, 2.75) is 12.5 Å². The molecule has 5 nitrogen and oxygen atoms in total. The minimum Gasteiger partial charge on any atom is -0.379 e. The first-order valence-electron chi connectivity index (χ1n) is 7.82. The number of hydrogen-bond acceptors (Lipinski definition) is 5. The number of thiophene rings is 1. The zero-order chi connectivity index (χ0) is 15.9. The van der Waals surface area contributed by atoms with Crippen molar-refractivity contribution >= 4 is 17.2 Å². The Morgan fingerprint density at radius 1 is 1.30 bits per heavy atom. The number of hydrogen-bond donors (Lipinski definition) is 1. The van der Waals surface area contributed by atoms with Gasteiger partial charge in [-0.05, 0) is 40.1 Å². The van der Waals surface area contributed by atoms with E-state index >= 15 is 0 Å². The second-order valence-corrected chi connectivity index (χ2v) is 6.34. The van der Waals surface area contributed by atoms with Gasteiger partial charge in [0, 0.05) is 32.0 Å². The fourth-order valence-corrected chi connectivity index (χ4v) is 3.45. The van der Waals surface area contributed by atoms with Crippen LogP contribution in [-0.2, 0) is 16.0 Å². The van der Waals surface area contributed by atoms with Gasteiger partial charge in [-0.1, -0.05) is 0 Å². The van der Waals surface area contributed by atoms with E-state index in [9.17, 15) is 4.79 Å². The van der Waals surface area contributed by atoms with E-state index in [4.69, 9.17) is 4.74 Å². The van der Waals surface area contributed by atoms with Crippen LogP contribution in [0.25, 0.3) is 0 Å². The summed E-state index contributed by atoms with van der Waals surface area (Å²) in [6.45, 7) is 3.85. The predicted molar refractivity (Wildman–Crippen MR) is 90.4 cm³/mol. The van der Waals surface area contributed by atoms with Crippen molar-refractivity contribution in [1.29, 1.82) is 0 Å². The molecule has 3 rings (SSSR count). The van der Waals surface area contributed by atoms with Gasteiger partial charge in [0.1, 0.15) is 0 Å². The number of nitrogens with one attached hydrogen (secondary N) is 1. The first kappa shape index (κ1) is 16.1. The van der Waals surface area contributed by atoms with Gasteiger partial charge >= 0.3 is 0 Å². The van der Waals surface area contributed by atoms with Gasteiger partial charge in [0.25, 0.3) is 0 Å². The summed E-state index contributed by atoms with van der Waals surface area (Å²) in [6, 6.07) is 6.19. The van der Waals surface area contributed by atoms with E-state index in [-0.39, 0.29) is 11.9 Å². The molecule has 0 aromatic carbocycles. The van der Waals surface area contributed by atoms with Crippen molar-refractivity contribution in [3.05, 3.63) is 52.5 Å². The summed E-state index contributed by atoms with van der Waals surface area (Å²) in [5.74, 6) is 0.0655. The van der Waals surface area contributed by atoms with Gasteiger partial charge in [0.2, 0.25) is 5.91 Å². The first-order chi connectivity index (χ1) is 11.3. The molecule has 122 valence electrons. The zero-order valence-electron chi connectivity index (χ0n) is 13.0. The fourth-order valence-electron chi connectivity index (χ4n) is 2.78. The number of ether oxygens (including phenoxy) is 1. The molecule has 2 aromatic rings. The lowest BCUT2D eigenvalue weighted by molar-refractivity contribution is -0.120. The van der Waals surface area contributed by atoms with E-state index in [0.717, 1.165) is 31.9 Å². The largest absolute Gasteiger partial charge is 0.379 e. The van der Waals surface area contributed by atoms with Crippen LogP contribution in [0.1, 0.15) is 17.2 Å². The number of nitrogens with zero attached hydrogens (tertiary/aromatic N) is 2. The van der Waals surface area contributed by atoms with E-state index in [1.165, 1.54) is 5.56 Å². The number of aromatic nitrogens is 1. The summed E-state index contributed by atoms with van der Waals surface area (Å²) in [7, 11) is 0. The van der Waals surface area contributed by atoms with Gasteiger partial charge in [0.05, 0.1) is 25.7 Å². The highest BCUT2D eigenvalue weighted by molar-refractivity contribution is 7.07. The number of carbonyl (C=O) groups excluding carboxylic acids is 1. The lowest BCUT2D eigenvalue weighted by Crippen LogP contribution is -2.44. The summed E-state index contributed by atoms with van der Waals surface area (Å²) in [6.07, 6.45) is 4.04. The third-order valence-corrected chi connectivity index (χ3v) is 4.75. The Balaban J connectivity index is 1.62. The molecular formula is C17H21N3O2S. The summed E-state index contributed by atoms with van der Waals surface area (Å²) < 4.78 is 5.44. The molecule has 0 radical (unpaired) electrons. The average molecular weight is 331 g/mol. The van der Waals surface area contributed by atoms with Crippen LogP contribution in [0.3, 0.4) is 0 Å². The van der Waals surface area contributed by atoms with Gasteiger partial charge in [-0.2, -0.15) is 11.3 Å². The van der Waals surface area contributed by atoms with Crippen LogP contribution in [0.4, 0.5) is 0 Å². The van der Waals surface area contributed by atoms with Crippen LogP contribution < -0.4 is 5.32 Å². The smallest absolute Gasteiger partial charge is 0.224 e. The maximum atomic E-state index is 12.2. The molecule has 1 saturated heterocycles. The quantitative estimate of drug-likeness (QED) is 0.878. The lowest BCUT2D eigenvalue weighted by Gasteiger charge is -2.34. The Hall–Kier alpha value is -1.76. The topological polar surface area (TPSA) is 54.5 Å². The van der Waals surface area contributed by atoms with Gasteiger partial charge in [-0.15, -0.1) is 0 Å². The molecule has 0 saturated carbocycles. The third-order valence-electron chi connectivity index (χ3n) is 4.01.